The molecule has 0 spiro atoms. The summed E-state index contributed by atoms with van der Waals surface area (Å²) in [7, 11) is 0. The molecule has 0 N–H and O–H groups in total. The zero-order valence-electron chi connectivity index (χ0n) is 3.45. The van der Waals surface area contributed by atoms with Gasteiger partial charge in [-0.05, 0) is 32.9 Å². The fraction of sp³-hybridized carbons (Fsp3) is 0. The van der Waals surface area contributed by atoms with Crippen molar-refractivity contribution >= 4 is 59.1 Å². The summed E-state index contributed by atoms with van der Waals surface area (Å²) in [4.78, 5) is 0. The fourth-order valence-corrected chi connectivity index (χ4v) is 0. The molecule has 0 aliphatic heterocycles. The number of rotatable bonds is 0. The molecule has 0 rings (SSSR count). The second-order valence-corrected chi connectivity index (χ2v) is 0. The van der Waals surface area contributed by atoms with Crippen LogP contribution in [0.25, 0.3) is 0 Å². The van der Waals surface area contributed by atoms with Gasteiger partial charge in [0.2, 0.25) is 0 Å². The maximum atomic E-state index is 0. The maximum absolute atomic E-state index is 0. The van der Waals surface area contributed by atoms with Crippen LogP contribution in [0.3, 0.4) is 0 Å². The van der Waals surface area contributed by atoms with E-state index in [4.69, 9.17) is 0 Å². The molecule has 0 saturated carbocycles. The maximum Gasteiger partial charge on any atom is 0 e. The summed E-state index contributed by atoms with van der Waals surface area (Å²) in [6, 6.07) is 0. The zero-order chi connectivity index (χ0) is 0. The van der Waals surface area contributed by atoms with E-state index < -0.39 is 0 Å². The van der Waals surface area contributed by atoms with Crippen molar-refractivity contribution in [3.05, 3.63) is 0 Å². The molecule has 6 radical (unpaired) electrons. The standard InChI is InChI=1S/Bi.3H3Si/h;3*1H3. The van der Waals surface area contributed by atoms with E-state index in [2.05, 4.69) is 0 Å². The van der Waals surface area contributed by atoms with Crippen molar-refractivity contribution in [1.82, 2.24) is 0 Å². The fourth-order valence-electron chi connectivity index (χ4n) is 0. The minimum absolute atomic E-state index is 0. The van der Waals surface area contributed by atoms with E-state index in [9.17, 15) is 0 Å². The van der Waals surface area contributed by atoms with Gasteiger partial charge in [0.15, 0.2) is 0 Å². The summed E-state index contributed by atoms with van der Waals surface area (Å²) in [5.74, 6) is 0. The zero-order valence-corrected chi connectivity index (χ0v) is 12.9. The molecule has 0 amide bonds. The van der Waals surface area contributed by atoms with Crippen LogP contribution in [0, 0.1) is 0 Å². The Morgan fingerprint density at radius 2 is 0.500 bits per heavy atom. The van der Waals surface area contributed by atoms with Crippen molar-refractivity contribution in [2.75, 3.05) is 0 Å². The topological polar surface area (TPSA) is 0 Å². The van der Waals surface area contributed by atoms with E-state index in [0.29, 0.717) is 0 Å². The van der Waals surface area contributed by atoms with Gasteiger partial charge in [-0.15, -0.1) is 0 Å². The smallest absolute Gasteiger partial charge is 0 e. The molecule has 26 valence electrons. The Morgan fingerprint density at radius 1 is 0.500 bits per heavy atom. The van der Waals surface area contributed by atoms with E-state index in [0.717, 1.165) is 0 Å². The van der Waals surface area contributed by atoms with Gasteiger partial charge in [-0.25, -0.2) is 0 Å². The van der Waals surface area contributed by atoms with E-state index in [-0.39, 0.29) is 59.1 Å². The summed E-state index contributed by atoms with van der Waals surface area (Å²) in [6.45, 7) is 0. The average molecular weight is 302 g/mol. The predicted molar refractivity (Wildman–Crippen MR) is 35.6 cm³/mol. The van der Waals surface area contributed by atoms with E-state index in [1.807, 2.05) is 0 Å². The molecule has 0 heterocycles. The molecule has 0 aromatic carbocycles. The Labute approximate surface area is 58.9 Å². The second-order valence-electron chi connectivity index (χ2n) is 0. The van der Waals surface area contributed by atoms with Crippen LogP contribution in [-0.2, 0) is 0 Å². The Morgan fingerprint density at radius 3 is 0.500 bits per heavy atom. The van der Waals surface area contributed by atoms with Crippen LogP contribution in [0.4, 0.5) is 0 Å². The van der Waals surface area contributed by atoms with Gasteiger partial charge in [0.05, 0.1) is 0 Å². The van der Waals surface area contributed by atoms with E-state index >= 15 is 0 Å². The first-order valence-electron chi connectivity index (χ1n) is 0. The van der Waals surface area contributed by atoms with Crippen LogP contribution in [-0.4, -0.2) is 59.1 Å². The quantitative estimate of drug-likeness (QED) is 0.401. The molecule has 0 atom stereocenters. The summed E-state index contributed by atoms with van der Waals surface area (Å²) in [5, 5.41) is 0. The third-order valence-electron chi connectivity index (χ3n) is 0. The molecule has 0 fully saturated rings. The number of hydrogen-bond acceptors (Lipinski definition) is 0. The first kappa shape index (κ1) is 48.4. The molecule has 0 bridgehead atoms. The largest absolute Gasteiger partial charge is 0.0125 e. The van der Waals surface area contributed by atoms with Gasteiger partial charge >= 0.3 is 0 Å². The van der Waals surface area contributed by atoms with Crippen molar-refractivity contribution in [3.8, 4) is 0 Å². The van der Waals surface area contributed by atoms with Crippen molar-refractivity contribution < 1.29 is 0 Å². The molecule has 0 saturated heterocycles. The summed E-state index contributed by atoms with van der Waals surface area (Å²) in [6.07, 6.45) is 0. The third kappa shape index (κ3) is 9.64. The summed E-state index contributed by atoms with van der Waals surface area (Å²) < 4.78 is 0. The molecule has 0 aliphatic rings. The molecule has 4 heavy (non-hydrogen) atoms. The Hall–Kier alpha value is 1.53. The van der Waals surface area contributed by atoms with Crippen LogP contribution in [0.15, 0.2) is 0 Å². The van der Waals surface area contributed by atoms with E-state index in [1.54, 1.807) is 0 Å². The number of hydrogen-bond donors (Lipinski definition) is 0. The van der Waals surface area contributed by atoms with Gasteiger partial charge < -0.3 is 0 Å². The predicted octanol–water partition coefficient (Wildman–Crippen LogP) is -3.93. The molecule has 0 aliphatic carbocycles. The van der Waals surface area contributed by atoms with Crippen LogP contribution in [0.2, 0.25) is 0 Å². The minimum Gasteiger partial charge on any atom is -0.0125 e. The van der Waals surface area contributed by atoms with Crippen molar-refractivity contribution in [2.45, 2.75) is 0 Å². The van der Waals surface area contributed by atoms with Gasteiger partial charge in [-0.2, -0.15) is 0 Å². The molecular formula is H9BiSi3. The Kier molecular flexibility index (Phi) is 291. The van der Waals surface area contributed by atoms with Gasteiger partial charge in [0.25, 0.3) is 0 Å². The van der Waals surface area contributed by atoms with Gasteiger partial charge in [-0.3, -0.25) is 0 Å². The summed E-state index contributed by atoms with van der Waals surface area (Å²) in [5.41, 5.74) is 0. The molecule has 0 aromatic heterocycles. The van der Waals surface area contributed by atoms with Gasteiger partial charge in [0, 0.05) is 26.2 Å². The molecule has 0 nitrogen and oxygen atoms in total. The van der Waals surface area contributed by atoms with Gasteiger partial charge in [-0.1, -0.05) is 0 Å². The second kappa shape index (κ2) is 24.1. The normalized spacial score (nSPS) is 0. The van der Waals surface area contributed by atoms with Crippen LogP contribution >= 0.6 is 0 Å². The third-order valence-corrected chi connectivity index (χ3v) is 0. The monoisotopic (exact) mass is 302 g/mol. The minimum atomic E-state index is 0. The first-order valence-corrected chi connectivity index (χ1v) is 0. The van der Waals surface area contributed by atoms with Gasteiger partial charge in [0.1, 0.15) is 0 Å². The molecule has 0 aromatic rings. The summed E-state index contributed by atoms with van der Waals surface area (Å²) >= 11 is 0. The molecule has 4 heteroatoms. The van der Waals surface area contributed by atoms with E-state index in [1.165, 1.54) is 0 Å². The molecule has 0 unspecified atom stereocenters. The average Bonchev–Trinajstić information content (AvgIpc) is 0. The van der Waals surface area contributed by atoms with Crippen LogP contribution in [0.5, 0.6) is 0 Å². The SMILES string of the molecule is [Bi].[SiH3].[SiH3].[SiH3]. The Bertz CT molecular complexity index is 3.25. The van der Waals surface area contributed by atoms with Crippen molar-refractivity contribution in [2.24, 2.45) is 0 Å². The first-order chi connectivity index (χ1) is 0. The van der Waals surface area contributed by atoms with Crippen molar-refractivity contribution in [3.63, 3.8) is 0 Å². The van der Waals surface area contributed by atoms with Crippen molar-refractivity contribution in [1.29, 1.82) is 0 Å². The van der Waals surface area contributed by atoms with Crippen LogP contribution < -0.4 is 0 Å². The Balaban J connectivity index is 0. The molecular weight excluding hydrogens is 293 g/mol. The van der Waals surface area contributed by atoms with Crippen LogP contribution in [0.1, 0.15) is 0 Å².